The van der Waals surface area contributed by atoms with Gasteiger partial charge in [0, 0.05) is 11.6 Å². The summed E-state index contributed by atoms with van der Waals surface area (Å²) in [5.41, 5.74) is 0.131. The normalized spacial score (nSPS) is 9.83. The second-order valence-electron chi connectivity index (χ2n) is 3.52. The van der Waals surface area contributed by atoms with Crippen LogP contribution in [0, 0.1) is 29.4 Å². The minimum absolute atomic E-state index is 0.131. The van der Waals surface area contributed by atoms with Crippen LogP contribution in [0.25, 0.3) is 0 Å². The van der Waals surface area contributed by atoms with Crippen LogP contribution in [0.2, 0.25) is 0 Å². The summed E-state index contributed by atoms with van der Waals surface area (Å²) >= 11 is 0. The number of hydrogen-bond donors (Lipinski definition) is 0. The molecule has 0 saturated carbocycles. The molecule has 0 aliphatic heterocycles. The van der Waals surface area contributed by atoms with E-state index in [1.807, 2.05) is 0 Å². The molecular formula is C14H8F2NO. The van der Waals surface area contributed by atoms with Gasteiger partial charge in [0.25, 0.3) is 0 Å². The first-order chi connectivity index (χ1) is 8.69. The first-order valence-corrected chi connectivity index (χ1v) is 5.15. The van der Waals surface area contributed by atoms with Crippen molar-refractivity contribution in [1.29, 1.82) is 5.26 Å². The van der Waals surface area contributed by atoms with E-state index in [9.17, 15) is 8.78 Å². The van der Waals surface area contributed by atoms with Gasteiger partial charge in [-0.25, -0.2) is 8.78 Å². The third kappa shape index (κ3) is 2.83. The fourth-order valence-corrected chi connectivity index (χ4v) is 1.43. The van der Waals surface area contributed by atoms with Crippen molar-refractivity contribution in [2.24, 2.45) is 0 Å². The van der Waals surface area contributed by atoms with Crippen molar-refractivity contribution in [1.82, 2.24) is 0 Å². The Hall–Kier alpha value is -2.41. The summed E-state index contributed by atoms with van der Waals surface area (Å²) in [5.74, 6) is -0.283. The van der Waals surface area contributed by atoms with Crippen molar-refractivity contribution in [3.05, 3.63) is 66.1 Å². The Kier molecular flexibility index (Phi) is 3.54. The molecule has 2 aromatic carbocycles. The van der Waals surface area contributed by atoms with Gasteiger partial charge in [0.05, 0.1) is 12.5 Å². The van der Waals surface area contributed by atoms with Crippen LogP contribution in [0.4, 0.5) is 8.78 Å². The van der Waals surface area contributed by atoms with E-state index in [1.165, 1.54) is 36.4 Å². The first-order valence-electron chi connectivity index (χ1n) is 5.15. The fourth-order valence-electron chi connectivity index (χ4n) is 1.43. The molecule has 0 unspecified atom stereocenters. The topological polar surface area (TPSA) is 33.0 Å². The van der Waals surface area contributed by atoms with Gasteiger partial charge in [-0.3, -0.25) is 0 Å². The van der Waals surface area contributed by atoms with E-state index < -0.39 is 11.6 Å². The molecule has 0 heterocycles. The molecule has 0 fully saturated rings. The Labute approximate surface area is 103 Å². The van der Waals surface area contributed by atoms with Crippen LogP contribution in [0.1, 0.15) is 5.56 Å². The van der Waals surface area contributed by atoms with E-state index in [0.717, 1.165) is 6.42 Å². The smallest absolute Gasteiger partial charge is 0.130 e. The lowest BCUT2D eigenvalue weighted by Crippen LogP contribution is -1.90. The van der Waals surface area contributed by atoms with Crippen molar-refractivity contribution >= 4 is 0 Å². The Morgan fingerprint density at radius 3 is 2.56 bits per heavy atom. The summed E-state index contributed by atoms with van der Waals surface area (Å²) in [4.78, 5) is 0. The van der Waals surface area contributed by atoms with E-state index in [2.05, 4.69) is 0 Å². The molecule has 0 bridgehead atoms. The highest BCUT2D eigenvalue weighted by Gasteiger charge is 2.05. The van der Waals surface area contributed by atoms with E-state index in [-0.39, 0.29) is 5.56 Å². The first kappa shape index (κ1) is 12.1. The summed E-state index contributed by atoms with van der Waals surface area (Å²) in [7, 11) is 0. The number of rotatable bonds is 3. The van der Waals surface area contributed by atoms with Gasteiger partial charge in [-0.2, -0.15) is 5.26 Å². The van der Waals surface area contributed by atoms with Crippen LogP contribution in [0.15, 0.2) is 42.5 Å². The summed E-state index contributed by atoms with van der Waals surface area (Å²) in [6, 6.07) is 11.3. The van der Waals surface area contributed by atoms with Crippen LogP contribution in [-0.2, 0) is 0 Å². The lowest BCUT2D eigenvalue weighted by Gasteiger charge is -2.07. The van der Waals surface area contributed by atoms with Gasteiger partial charge in [0.15, 0.2) is 0 Å². The molecule has 4 heteroatoms. The molecule has 0 spiro atoms. The highest BCUT2D eigenvalue weighted by Crippen LogP contribution is 2.24. The Morgan fingerprint density at radius 2 is 1.83 bits per heavy atom. The molecule has 2 nitrogen and oxygen atoms in total. The van der Waals surface area contributed by atoms with Gasteiger partial charge in [-0.05, 0) is 30.3 Å². The van der Waals surface area contributed by atoms with E-state index in [0.29, 0.717) is 11.5 Å². The lowest BCUT2D eigenvalue weighted by molar-refractivity contribution is 0.474. The van der Waals surface area contributed by atoms with Crippen LogP contribution < -0.4 is 4.74 Å². The summed E-state index contributed by atoms with van der Waals surface area (Å²) < 4.78 is 31.6. The van der Waals surface area contributed by atoms with Crippen LogP contribution in [0.5, 0.6) is 11.5 Å². The van der Waals surface area contributed by atoms with Gasteiger partial charge in [0.2, 0.25) is 0 Å². The predicted molar refractivity (Wildman–Crippen MR) is 61.9 cm³/mol. The average Bonchev–Trinajstić information content (AvgIpc) is 2.34. The van der Waals surface area contributed by atoms with Gasteiger partial charge in [0.1, 0.15) is 23.1 Å². The number of nitrogens with zero attached hydrogens (tertiary/aromatic N) is 1. The highest BCUT2D eigenvalue weighted by atomic mass is 19.1. The molecule has 0 N–H and O–H groups in total. The lowest BCUT2D eigenvalue weighted by atomic mass is 10.1. The Bertz CT molecular complexity index is 605. The number of ether oxygens (including phenoxy) is 1. The number of nitriles is 1. The van der Waals surface area contributed by atoms with Crippen molar-refractivity contribution in [3.63, 3.8) is 0 Å². The minimum Gasteiger partial charge on any atom is -0.457 e. The van der Waals surface area contributed by atoms with Crippen LogP contribution in [-0.4, -0.2) is 0 Å². The second-order valence-corrected chi connectivity index (χ2v) is 3.52. The van der Waals surface area contributed by atoms with Gasteiger partial charge in [-0.15, -0.1) is 0 Å². The molecule has 0 saturated heterocycles. The molecule has 0 atom stereocenters. The zero-order chi connectivity index (χ0) is 13.0. The summed E-state index contributed by atoms with van der Waals surface area (Å²) in [5, 5.41) is 8.50. The summed E-state index contributed by atoms with van der Waals surface area (Å²) in [6.07, 6.45) is 1.08. The molecule has 0 aliphatic rings. The molecule has 89 valence electrons. The molecule has 0 amide bonds. The van der Waals surface area contributed by atoms with Crippen molar-refractivity contribution in [2.75, 3.05) is 0 Å². The Balaban J connectivity index is 2.24. The molecular weight excluding hydrogens is 236 g/mol. The van der Waals surface area contributed by atoms with E-state index in [1.54, 1.807) is 12.1 Å². The van der Waals surface area contributed by atoms with E-state index in [4.69, 9.17) is 10.00 Å². The van der Waals surface area contributed by atoms with Crippen molar-refractivity contribution < 1.29 is 13.5 Å². The maximum absolute atomic E-state index is 13.3. The molecule has 18 heavy (non-hydrogen) atoms. The number of benzene rings is 2. The molecule has 2 aromatic rings. The predicted octanol–water partition coefficient (Wildman–Crippen LogP) is 3.83. The second kappa shape index (κ2) is 5.28. The largest absolute Gasteiger partial charge is 0.457 e. The minimum atomic E-state index is -0.511. The van der Waals surface area contributed by atoms with E-state index >= 15 is 0 Å². The highest BCUT2D eigenvalue weighted by molar-refractivity contribution is 5.39. The molecule has 1 radical (unpaired) electrons. The zero-order valence-electron chi connectivity index (χ0n) is 9.23. The fraction of sp³-hybridized carbons (Fsp3) is 0. The van der Waals surface area contributed by atoms with Crippen LogP contribution in [0.3, 0.4) is 0 Å². The maximum Gasteiger partial charge on any atom is 0.130 e. The van der Waals surface area contributed by atoms with Crippen molar-refractivity contribution in [3.8, 4) is 17.6 Å². The standard InChI is InChI=1S/C14H8F2NO/c15-11-2-1-3-12(9-11)18-13-4-5-14(16)10(8-13)6-7-17/h1-6,8-9H. The summed E-state index contributed by atoms with van der Waals surface area (Å²) in [6.45, 7) is 0. The van der Waals surface area contributed by atoms with Crippen molar-refractivity contribution in [2.45, 2.75) is 0 Å². The maximum atomic E-state index is 13.3. The third-order valence-electron chi connectivity index (χ3n) is 2.22. The third-order valence-corrected chi connectivity index (χ3v) is 2.22. The number of hydrogen-bond acceptors (Lipinski definition) is 2. The monoisotopic (exact) mass is 244 g/mol. The Morgan fingerprint density at radius 1 is 1.06 bits per heavy atom. The SMILES string of the molecule is N#C[CH]c1cc(Oc2cccc(F)c2)ccc1F. The molecule has 0 aromatic heterocycles. The van der Waals surface area contributed by atoms with Gasteiger partial charge in [-0.1, -0.05) is 6.07 Å². The van der Waals surface area contributed by atoms with Crippen LogP contribution >= 0.6 is 0 Å². The van der Waals surface area contributed by atoms with Gasteiger partial charge < -0.3 is 4.74 Å². The molecule has 0 aliphatic carbocycles. The molecule has 2 rings (SSSR count). The average molecular weight is 244 g/mol. The van der Waals surface area contributed by atoms with Gasteiger partial charge >= 0.3 is 0 Å². The quantitative estimate of drug-likeness (QED) is 0.821. The number of halogens is 2. The zero-order valence-corrected chi connectivity index (χ0v) is 9.23.